The van der Waals surface area contributed by atoms with E-state index in [1.165, 1.54) is 0 Å². The zero-order valence-corrected chi connectivity index (χ0v) is 19.1. The van der Waals surface area contributed by atoms with Crippen LogP contribution < -0.4 is 14.4 Å². The van der Waals surface area contributed by atoms with E-state index in [1.807, 2.05) is 53.8 Å². The quantitative estimate of drug-likeness (QED) is 0.533. The second kappa shape index (κ2) is 9.96. The molecule has 1 fully saturated rings. The molecule has 3 aromatic rings. The van der Waals surface area contributed by atoms with Crippen LogP contribution in [0.5, 0.6) is 11.5 Å². The van der Waals surface area contributed by atoms with Crippen molar-refractivity contribution in [1.82, 2.24) is 14.5 Å². The topological polar surface area (TPSA) is 59.8 Å². The Morgan fingerprint density at radius 1 is 1.00 bits per heavy atom. The Labute approximate surface area is 193 Å². The predicted molar refractivity (Wildman–Crippen MR) is 125 cm³/mol. The maximum absolute atomic E-state index is 13.1. The summed E-state index contributed by atoms with van der Waals surface area (Å²) in [7, 11) is 0. The molecule has 0 aliphatic carbocycles. The monoisotopic (exact) mass is 454 g/mol. The molecule has 168 valence electrons. The Morgan fingerprint density at radius 3 is 2.47 bits per heavy atom. The number of hydrogen-bond acceptors (Lipinski definition) is 5. The van der Waals surface area contributed by atoms with E-state index in [2.05, 4.69) is 9.88 Å². The fourth-order valence-corrected chi connectivity index (χ4v) is 4.02. The van der Waals surface area contributed by atoms with Crippen molar-refractivity contribution in [3.63, 3.8) is 0 Å². The molecule has 4 rings (SSSR count). The zero-order valence-electron chi connectivity index (χ0n) is 18.3. The van der Waals surface area contributed by atoms with Gasteiger partial charge >= 0.3 is 0 Å². The van der Waals surface area contributed by atoms with Crippen LogP contribution in [-0.2, 0) is 0 Å². The normalized spacial score (nSPS) is 13.8. The van der Waals surface area contributed by atoms with Crippen molar-refractivity contribution in [3.8, 4) is 17.2 Å². The number of carbonyl (C=O) groups excluding carboxylic acids is 1. The fourth-order valence-electron chi connectivity index (χ4n) is 3.83. The molecular weight excluding hydrogens is 428 g/mol. The highest BCUT2D eigenvalue weighted by Crippen LogP contribution is 2.29. The minimum absolute atomic E-state index is 0.00756. The highest BCUT2D eigenvalue weighted by atomic mass is 35.5. The number of benzene rings is 2. The van der Waals surface area contributed by atoms with Gasteiger partial charge in [-0.1, -0.05) is 17.7 Å². The first-order chi connectivity index (χ1) is 15.6. The van der Waals surface area contributed by atoms with Crippen LogP contribution in [0.4, 0.5) is 5.95 Å². The van der Waals surface area contributed by atoms with Gasteiger partial charge in [0.2, 0.25) is 5.95 Å². The van der Waals surface area contributed by atoms with Gasteiger partial charge in [-0.3, -0.25) is 9.36 Å². The van der Waals surface area contributed by atoms with Gasteiger partial charge in [-0.05, 0) is 50.2 Å². The number of amides is 1. The SMILES string of the molecule is CCOc1ccc(C(=O)N2CCN(c3nccn3-c3cccc(Cl)c3)CC2)cc1OCC. The number of carbonyl (C=O) groups is 1. The third-order valence-corrected chi connectivity index (χ3v) is 5.58. The molecule has 0 spiro atoms. The van der Waals surface area contributed by atoms with Crippen LogP contribution in [0.1, 0.15) is 24.2 Å². The number of anilines is 1. The number of imidazole rings is 1. The summed E-state index contributed by atoms with van der Waals surface area (Å²) in [5.74, 6) is 2.09. The lowest BCUT2D eigenvalue weighted by Gasteiger charge is -2.35. The minimum Gasteiger partial charge on any atom is -0.490 e. The Bertz CT molecular complexity index is 1080. The molecule has 0 unspecified atom stereocenters. The van der Waals surface area contributed by atoms with Gasteiger partial charge in [0, 0.05) is 54.8 Å². The molecule has 2 aromatic carbocycles. The summed E-state index contributed by atoms with van der Waals surface area (Å²) in [6.07, 6.45) is 3.71. The number of aromatic nitrogens is 2. The Kier molecular flexibility index (Phi) is 6.85. The van der Waals surface area contributed by atoms with E-state index in [-0.39, 0.29) is 5.91 Å². The first-order valence-electron chi connectivity index (χ1n) is 10.8. The highest BCUT2D eigenvalue weighted by molar-refractivity contribution is 6.30. The summed E-state index contributed by atoms with van der Waals surface area (Å²) in [4.78, 5) is 21.7. The van der Waals surface area contributed by atoms with E-state index in [0.717, 1.165) is 11.6 Å². The molecule has 1 saturated heterocycles. The number of rotatable bonds is 7. The van der Waals surface area contributed by atoms with Crippen molar-refractivity contribution in [2.45, 2.75) is 13.8 Å². The lowest BCUT2D eigenvalue weighted by Crippen LogP contribution is -2.49. The molecule has 1 aliphatic rings. The molecule has 0 bridgehead atoms. The molecule has 32 heavy (non-hydrogen) atoms. The van der Waals surface area contributed by atoms with E-state index in [0.29, 0.717) is 61.5 Å². The number of halogens is 1. The first kappa shape index (κ1) is 22.0. The molecule has 2 heterocycles. The lowest BCUT2D eigenvalue weighted by molar-refractivity contribution is 0.0745. The standard InChI is InChI=1S/C24H27ClN4O3/c1-3-31-21-9-8-18(16-22(21)32-4-2)23(30)27-12-14-28(15-13-27)24-26-10-11-29(24)20-7-5-6-19(25)17-20/h5-11,16-17H,3-4,12-15H2,1-2H3. The first-order valence-corrected chi connectivity index (χ1v) is 11.2. The van der Waals surface area contributed by atoms with Gasteiger partial charge < -0.3 is 19.3 Å². The van der Waals surface area contributed by atoms with Crippen LogP contribution in [0.25, 0.3) is 5.69 Å². The lowest BCUT2D eigenvalue weighted by atomic mass is 10.1. The van der Waals surface area contributed by atoms with Gasteiger partial charge in [0.15, 0.2) is 11.5 Å². The molecular formula is C24H27ClN4O3. The summed E-state index contributed by atoms with van der Waals surface area (Å²) in [6.45, 7) is 7.49. The average molecular weight is 455 g/mol. The second-order valence-corrected chi connectivity index (χ2v) is 7.82. The Hall–Kier alpha value is -3.19. The van der Waals surface area contributed by atoms with Gasteiger partial charge in [-0.25, -0.2) is 4.98 Å². The van der Waals surface area contributed by atoms with Crippen LogP contribution in [0.2, 0.25) is 5.02 Å². The van der Waals surface area contributed by atoms with E-state index in [4.69, 9.17) is 21.1 Å². The minimum atomic E-state index is -0.00756. The Balaban J connectivity index is 1.45. The van der Waals surface area contributed by atoms with Crippen LogP contribution in [0, 0.1) is 0 Å². The van der Waals surface area contributed by atoms with Gasteiger partial charge in [0.1, 0.15) is 0 Å². The van der Waals surface area contributed by atoms with Crippen LogP contribution >= 0.6 is 11.6 Å². The summed E-state index contributed by atoms with van der Waals surface area (Å²) in [5.41, 5.74) is 1.56. The number of hydrogen-bond donors (Lipinski definition) is 0. The third kappa shape index (κ3) is 4.67. The smallest absolute Gasteiger partial charge is 0.254 e. The highest BCUT2D eigenvalue weighted by Gasteiger charge is 2.25. The molecule has 8 heteroatoms. The molecule has 7 nitrogen and oxygen atoms in total. The summed E-state index contributed by atoms with van der Waals surface area (Å²) < 4.78 is 13.3. The van der Waals surface area contributed by atoms with Crippen LogP contribution in [-0.4, -0.2) is 59.8 Å². The Morgan fingerprint density at radius 2 is 1.75 bits per heavy atom. The van der Waals surface area contributed by atoms with Gasteiger partial charge in [-0.15, -0.1) is 0 Å². The summed E-state index contributed by atoms with van der Waals surface area (Å²) in [5, 5.41) is 0.680. The van der Waals surface area contributed by atoms with Gasteiger partial charge in [0.25, 0.3) is 5.91 Å². The molecule has 0 radical (unpaired) electrons. The maximum Gasteiger partial charge on any atom is 0.254 e. The van der Waals surface area contributed by atoms with Crippen molar-refractivity contribution in [1.29, 1.82) is 0 Å². The molecule has 0 saturated carbocycles. The zero-order chi connectivity index (χ0) is 22.5. The number of piperazine rings is 1. The fraction of sp³-hybridized carbons (Fsp3) is 0.333. The molecule has 1 amide bonds. The van der Waals surface area contributed by atoms with E-state index < -0.39 is 0 Å². The second-order valence-electron chi connectivity index (χ2n) is 7.38. The van der Waals surface area contributed by atoms with Crippen LogP contribution in [0.3, 0.4) is 0 Å². The molecule has 0 N–H and O–H groups in total. The predicted octanol–water partition coefficient (Wildman–Crippen LogP) is 4.29. The summed E-state index contributed by atoms with van der Waals surface area (Å²) in [6, 6.07) is 13.1. The number of ether oxygens (including phenoxy) is 2. The molecule has 1 aromatic heterocycles. The van der Waals surface area contributed by atoms with Crippen molar-refractivity contribution >= 4 is 23.5 Å². The number of nitrogens with zero attached hydrogens (tertiary/aromatic N) is 4. The third-order valence-electron chi connectivity index (χ3n) is 5.35. The van der Waals surface area contributed by atoms with Crippen molar-refractivity contribution in [2.75, 3.05) is 44.3 Å². The van der Waals surface area contributed by atoms with Crippen molar-refractivity contribution in [2.24, 2.45) is 0 Å². The van der Waals surface area contributed by atoms with E-state index >= 15 is 0 Å². The van der Waals surface area contributed by atoms with E-state index in [1.54, 1.807) is 24.4 Å². The maximum atomic E-state index is 13.1. The van der Waals surface area contributed by atoms with Crippen molar-refractivity contribution in [3.05, 3.63) is 65.4 Å². The largest absolute Gasteiger partial charge is 0.490 e. The molecule has 0 atom stereocenters. The van der Waals surface area contributed by atoms with Gasteiger partial charge in [-0.2, -0.15) is 0 Å². The van der Waals surface area contributed by atoms with Crippen LogP contribution in [0.15, 0.2) is 54.9 Å². The van der Waals surface area contributed by atoms with Gasteiger partial charge in [0.05, 0.1) is 13.2 Å². The van der Waals surface area contributed by atoms with Crippen molar-refractivity contribution < 1.29 is 14.3 Å². The molecule has 1 aliphatic heterocycles. The van der Waals surface area contributed by atoms with E-state index in [9.17, 15) is 4.79 Å². The average Bonchev–Trinajstić information content (AvgIpc) is 3.30. The summed E-state index contributed by atoms with van der Waals surface area (Å²) >= 11 is 6.16.